The molecule has 0 bridgehead atoms. The number of benzene rings is 2. The molecule has 3 aromatic rings. The third-order valence-corrected chi connectivity index (χ3v) is 5.99. The normalized spacial score (nSPS) is 11.1. The Morgan fingerprint density at radius 2 is 1.68 bits per heavy atom. The van der Waals surface area contributed by atoms with E-state index in [-0.39, 0.29) is 16.5 Å². The van der Waals surface area contributed by atoms with Gasteiger partial charge in [0.25, 0.3) is 15.9 Å². The Labute approximate surface area is 163 Å². The molecule has 3 rings (SSSR count). The monoisotopic (exact) mass is 397 g/mol. The molecule has 7 nitrogen and oxygen atoms in total. The second-order valence-electron chi connectivity index (χ2n) is 6.16. The van der Waals surface area contributed by atoms with Crippen LogP contribution in [0.15, 0.2) is 71.8 Å². The average molecular weight is 397 g/mol. The molecule has 1 heterocycles. The number of amides is 1. The van der Waals surface area contributed by atoms with Crippen molar-refractivity contribution in [2.75, 3.05) is 16.7 Å². The van der Waals surface area contributed by atoms with E-state index in [2.05, 4.69) is 10.3 Å². The van der Waals surface area contributed by atoms with E-state index >= 15 is 0 Å². The SMILES string of the molecule is Cc1ccc(S(=O)(=O)N(C)c2ccc(C(=O)Nc3ncccc3O)cc2)cc1. The second-order valence-corrected chi connectivity index (χ2v) is 8.13. The van der Waals surface area contributed by atoms with Gasteiger partial charge in [0.1, 0.15) is 0 Å². The summed E-state index contributed by atoms with van der Waals surface area (Å²) in [5.41, 5.74) is 1.68. The molecule has 0 saturated carbocycles. The molecular weight excluding hydrogens is 378 g/mol. The number of rotatable bonds is 5. The number of sulfonamides is 1. The van der Waals surface area contributed by atoms with Crippen LogP contribution in [-0.4, -0.2) is 31.5 Å². The van der Waals surface area contributed by atoms with Crippen molar-refractivity contribution in [2.45, 2.75) is 11.8 Å². The van der Waals surface area contributed by atoms with Crippen LogP contribution < -0.4 is 9.62 Å². The summed E-state index contributed by atoms with van der Waals surface area (Å²) >= 11 is 0. The van der Waals surface area contributed by atoms with Gasteiger partial charge in [-0.25, -0.2) is 13.4 Å². The lowest BCUT2D eigenvalue weighted by atomic mass is 10.2. The number of hydrogen-bond acceptors (Lipinski definition) is 5. The first-order valence-corrected chi connectivity index (χ1v) is 9.84. The molecule has 0 aliphatic rings. The number of nitrogens with one attached hydrogen (secondary N) is 1. The number of nitrogens with zero attached hydrogens (tertiary/aromatic N) is 2. The number of anilines is 2. The summed E-state index contributed by atoms with van der Waals surface area (Å²) in [6.45, 7) is 1.88. The molecule has 0 unspecified atom stereocenters. The molecule has 2 aromatic carbocycles. The summed E-state index contributed by atoms with van der Waals surface area (Å²) in [6, 6.07) is 15.6. The lowest BCUT2D eigenvalue weighted by Gasteiger charge is -2.20. The molecule has 28 heavy (non-hydrogen) atoms. The number of aryl methyl sites for hydroxylation is 1. The Bertz CT molecular complexity index is 1100. The predicted octanol–water partition coefficient (Wildman–Crippen LogP) is 3.17. The summed E-state index contributed by atoms with van der Waals surface area (Å²) < 4.78 is 26.7. The van der Waals surface area contributed by atoms with Gasteiger partial charge in [0, 0.05) is 18.8 Å². The zero-order valence-corrected chi connectivity index (χ0v) is 16.1. The average Bonchev–Trinajstić information content (AvgIpc) is 2.69. The van der Waals surface area contributed by atoms with Crippen molar-refractivity contribution in [3.05, 3.63) is 78.0 Å². The molecule has 0 saturated heterocycles. The first-order chi connectivity index (χ1) is 13.3. The minimum atomic E-state index is -3.71. The first-order valence-electron chi connectivity index (χ1n) is 8.40. The maximum Gasteiger partial charge on any atom is 0.264 e. The van der Waals surface area contributed by atoms with E-state index in [1.54, 1.807) is 42.5 Å². The maximum atomic E-state index is 12.8. The zero-order chi connectivity index (χ0) is 20.3. The fraction of sp³-hybridized carbons (Fsp3) is 0.100. The van der Waals surface area contributed by atoms with Gasteiger partial charge in [-0.05, 0) is 55.5 Å². The summed E-state index contributed by atoms with van der Waals surface area (Å²) in [6.07, 6.45) is 1.45. The molecule has 0 atom stereocenters. The van der Waals surface area contributed by atoms with Crippen molar-refractivity contribution >= 4 is 27.4 Å². The van der Waals surface area contributed by atoms with E-state index in [0.29, 0.717) is 11.3 Å². The van der Waals surface area contributed by atoms with Crippen LogP contribution in [0.4, 0.5) is 11.5 Å². The van der Waals surface area contributed by atoms with Gasteiger partial charge in [0.05, 0.1) is 10.6 Å². The highest BCUT2D eigenvalue weighted by Gasteiger charge is 2.21. The van der Waals surface area contributed by atoms with Crippen molar-refractivity contribution in [2.24, 2.45) is 0 Å². The Balaban J connectivity index is 1.79. The fourth-order valence-electron chi connectivity index (χ4n) is 2.50. The molecule has 144 valence electrons. The van der Waals surface area contributed by atoms with Crippen LogP contribution in [0.5, 0.6) is 5.75 Å². The molecule has 8 heteroatoms. The van der Waals surface area contributed by atoms with Crippen LogP contribution in [0, 0.1) is 6.92 Å². The van der Waals surface area contributed by atoms with Gasteiger partial charge in [-0.1, -0.05) is 17.7 Å². The van der Waals surface area contributed by atoms with E-state index in [0.717, 1.165) is 9.87 Å². The summed E-state index contributed by atoms with van der Waals surface area (Å²) in [5, 5.41) is 12.2. The molecule has 1 amide bonds. The van der Waals surface area contributed by atoms with Gasteiger partial charge in [-0.3, -0.25) is 9.10 Å². The minimum Gasteiger partial charge on any atom is -0.504 e. The van der Waals surface area contributed by atoms with Crippen LogP contribution in [-0.2, 0) is 10.0 Å². The Kier molecular flexibility index (Phi) is 5.32. The van der Waals surface area contributed by atoms with Crippen molar-refractivity contribution in [3.63, 3.8) is 0 Å². The summed E-state index contributed by atoms with van der Waals surface area (Å²) in [4.78, 5) is 16.4. The number of aromatic hydroxyl groups is 1. The van der Waals surface area contributed by atoms with Gasteiger partial charge >= 0.3 is 0 Å². The molecule has 2 N–H and O–H groups in total. The van der Waals surface area contributed by atoms with Crippen LogP contribution in [0.1, 0.15) is 15.9 Å². The largest absolute Gasteiger partial charge is 0.504 e. The highest BCUT2D eigenvalue weighted by atomic mass is 32.2. The molecule has 0 fully saturated rings. The number of aromatic nitrogens is 1. The third-order valence-electron chi connectivity index (χ3n) is 4.19. The van der Waals surface area contributed by atoms with Gasteiger partial charge in [0.15, 0.2) is 11.6 Å². The zero-order valence-electron chi connectivity index (χ0n) is 15.3. The summed E-state index contributed by atoms with van der Waals surface area (Å²) in [5.74, 6) is -0.559. The minimum absolute atomic E-state index is 0.0515. The van der Waals surface area contributed by atoms with E-state index in [9.17, 15) is 18.3 Å². The van der Waals surface area contributed by atoms with Crippen molar-refractivity contribution in [1.29, 1.82) is 0 Å². The molecule has 0 radical (unpaired) electrons. The molecule has 0 aliphatic carbocycles. The predicted molar refractivity (Wildman–Crippen MR) is 107 cm³/mol. The molecule has 1 aromatic heterocycles. The van der Waals surface area contributed by atoms with E-state index in [1.165, 1.54) is 31.4 Å². The van der Waals surface area contributed by atoms with Crippen LogP contribution in [0.25, 0.3) is 0 Å². The highest BCUT2D eigenvalue weighted by molar-refractivity contribution is 7.92. The van der Waals surface area contributed by atoms with Crippen molar-refractivity contribution < 1.29 is 18.3 Å². The van der Waals surface area contributed by atoms with Gasteiger partial charge in [-0.2, -0.15) is 0 Å². The highest BCUT2D eigenvalue weighted by Crippen LogP contribution is 2.24. The quantitative estimate of drug-likeness (QED) is 0.689. The smallest absolute Gasteiger partial charge is 0.264 e. The summed E-state index contributed by atoms with van der Waals surface area (Å²) in [7, 11) is -2.25. The standard InChI is InChI=1S/C20H19N3O4S/c1-14-5-11-17(12-6-14)28(26,27)23(2)16-9-7-15(8-10-16)20(25)22-19-18(24)4-3-13-21-19/h3-13,24H,1-2H3,(H,21,22,25). The number of carbonyl (C=O) groups excluding carboxylic acids is 1. The van der Waals surface area contributed by atoms with E-state index in [4.69, 9.17) is 0 Å². The van der Waals surface area contributed by atoms with Crippen LogP contribution in [0.2, 0.25) is 0 Å². The second kappa shape index (κ2) is 7.69. The van der Waals surface area contributed by atoms with Crippen LogP contribution >= 0.6 is 0 Å². The van der Waals surface area contributed by atoms with Gasteiger partial charge in [-0.15, -0.1) is 0 Å². The lowest BCUT2D eigenvalue weighted by molar-refractivity contribution is 0.102. The Morgan fingerprint density at radius 3 is 2.29 bits per heavy atom. The van der Waals surface area contributed by atoms with E-state index < -0.39 is 15.9 Å². The van der Waals surface area contributed by atoms with E-state index in [1.807, 2.05) is 6.92 Å². The van der Waals surface area contributed by atoms with Gasteiger partial charge < -0.3 is 10.4 Å². The fourth-order valence-corrected chi connectivity index (χ4v) is 3.70. The molecule has 0 spiro atoms. The number of pyridine rings is 1. The van der Waals surface area contributed by atoms with Crippen molar-refractivity contribution in [1.82, 2.24) is 4.98 Å². The van der Waals surface area contributed by atoms with Gasteiger partial charge in [0.2, 0.25) is 0 Å². The topological polar surface area (TPSA) is 99.6 Å². The Hall–Kier alpha value is -3.39. The van der Waals surface area contributed by atoms with Crippen molar-refractivity contribution in [3.8, 4) is 5.75 Å². The number of hydrogen-bond donors (Lipinski definition) is 2. The first kappa shape index (κ1) is 19.4. The lowest BCUT2D eigenvalue weighted by Crippen LogP contribution is -2.26. The van der Waals surface area contributed by atoms with Crippen LogP contribution in [0.3, 0.4) is 0 Å². The Morgan fingerprint density at radius 1 is 1.04 bits per heavy atom. The molecular formula is C20H19N3O4S. The molecule has 0 aliphatic heterocycles. The maximum absolute atomic E-state index is 12.8. The third kappa shape index (κ3) is 3.96. The number of carbonyl (C=O) groups is 1.